The molecule has 0 amide bonds. The Hall–Kier alpha value is -1.93. The number of rotatable bonds is 2. The first-order valence-electron chi connectivity index (χ1n) is 5.57. The van der Waals surface area contributed by atoms with Crippen LogP contribution in [-0.2, 0) is 16.0 Å². The third kappa shape index (κ3) is 2.49. The van der Waals surface area contributed by atoms with Gasteiger partial charge in [0.1, 0.15) is 6.04 Å². The minimum absolute atomic E-state index is 0.0371. The number of nitrogens with two attached hydrogens (primary N) is 2. The molecule has 98 valence electrons. The molecular formula is C10H14N4O4. The lowest BCUT2D eigenvalue weighted by atomic mass is 10.2. The van der Waals surface area contributed by atoms with Gasteiger partial charge in [-0.15, -0.1) is 4.73 Å². The number of aromatic nitrogens is 2. The predicted octanol–water partition coefficient (Wildman–Crippen LogP) is -1.63. The summed E-state index contributed by atoms with van der Waals surface area (Å²) >= 11 is 0. The second-order valence-electron chi connectivity index (χ2n) is 3.89. The van der Waals surface area contributed by atoms with E-state index in [4.69, 9.17) is 21.0 Å². The molecule has 0 radical (unpaired) electrons. The highest BCUT2D eigenvalue weighted by Crippen LogP contribution is 2.15. The molecule has 1 aromatic heterocycles. The molecule has 4 N–H and O–H groups in total. The quantitative estimate of drug-likeness (QED) is 0.607. The molecule has 8 nitrogen and oxygen atoms in total. The highest BCUT2D eigenvalue weighted by atomic mass is 16.7. The first-order valence-corrected chi connectivity index (χ1v) is 5.57. The molecule has 8 heteroatoms. The molecule has 1 atom stereocenters. The van der Waals surface area contributed by atoms with Crippen LogP contribution in [-0.4, -0.2) is 34.2 Å². The van der Waals surface area contributed by atoms with Crippen LogP contribution in [0.4, 0.5) is 0 Å². The summed E-state index contributed by atoms with van der Waals surface area (Å²) in [6, 6.07) is -0.942. The summed E-state index contributed by atoms with van der Waals surface area (Å²) in [6.07, 6.45) is 2.09. The largest absolute Gasteiger partial charge is 0.390 e. The fourth-order valence-electron chi connectivity index (χ4n) is 1.54. The van der Waals surface area contributed by atoms with Crippen LogP contribution >= 0.6 is 0 Å². The Morgan fingerprint density at radius 3 is 3.00 bits per heavy atom. The lowest BCUT2D eigenvalue weighted by molar-refractivity contribution is -0.147. The molecule has 1 aliphatic rings. The van der Waals surface area contributed by atoms with Gasteiger partial charge in [-0.05, 0) is 13.0 Å². The Labute approximate surface area is 103 Å². The zero-order valence-electron chi connectivity index (χ0n) is 9.67. The number of nitrogens with zero attached hydrogens (tertiary/aromatic N) is 2. The van der Waals surface area contributed by atoms with Crippen molar-refractivity contribution in [2.45, 2.75) is 25.3 Å². The molecule has 18 heavy (non-hydrogen) atoms. The van der Waals surface area contributed by atoms with Gasteiger partial charge >= 0.3 is 17.9 Å². The first kappa shape index (κ1) is 12.5. The first-order chi connectivity index (χ1) is 8.61. The lowest BCUT2D eigenvalue weighted by Gasteiger charge is -2.11. The van der Waals surface area contributed by atoms with Crippen molar-refractivity contribution >= 4 is 11.9 Å². The van der Waals surface area contributed by atoms with E-state index >= 15 is 0 Å². The van der Waals surface area contributed by atoms with Gasteiger partial charge in [0.05, 0.1) is 11.9 Å². The highest BCUT2D eigenvalue weighted by molar-refractivity contribution is 5.78. The maximum absolute atomic E-state index is 11.6. The van der Waals surface area contributed by atoms with Gasteiger partial charge in [0.15, 0.2) is 0 Å². The van der Waals surface area contributed by atoms with Crippen molar-refractivity contribution in [1.82, 2.24) is 9.71 Å². The Balaban J connectivity index is 2.34. The van der Waals surface area contributed by atoms with Gasteiger partial charge in [0.2, 0.25) is 0 Å². The average molecular weight is 254 g/mol. The zero-order chi connectivity index (χ0) is 13.1. The van der Waals surface area contributed by atoms with Gasteiger partial charge in [0, 0.05) is 12.8 Å². The Morgan fingerprint density at radius 2 is 2.28 bits per heavy atom. The third-order valence-electron chi connectivity index (χ3n) is 2.51. The SMILES string of the molecule is NCCc1cnc2n1OC(=O)[C@H](N)CCC(=O)O2. The van der Waals surface area contributed by atoms with E-state index < -0.39 is 18.0 Å². The number of ether oxygens (including phenoxy) is 1. The van der Waals surface area contributed by atoms with Crippen molar-refractivity contribution in [3.05, 3.63) is 11.9 Å². The van der Waals surface area contributed by atoms with Crippen molar-refractivity contribution in [2.24, 2.45) is 11.5 Å². The molecule has 0 bridgehead atoms. The fraction of sp³-hybridized carbons (Fsp3) is 0.500. The van der Waals surface area contributed by atoms with Crippen LogP contribution in [0.15, 0.2) is 6.20 Å². The Kier molecular flexibility index (Phi) is 3.58. The number of carbonyl (C=O) groups is 2. The average Bonchev–Trinajstić information content (AvgIpc) is 2.70. The van der Waals surface area contributed by atoms with Gasteiger partial charge in [-0.2, -0.15) is 0 Å². The highest BCUT2D eigenvalue weighted by Gasteiger charge is 2.25. The summed E-state index contributed by atoms with van der Waals surface area (Å²) in [5.74, 6) is -1.14. The van der Waals surface area contributed by atoms with Crippen molar-refractivity contribution in [3.63, 3.8) is 0 Å². The number of fused-ring (bicyclic) bond motifs is 1. The summed E-state index contributed by atoms with van der Waals surface area (Å²) in [7, 11) is 0. The van der Waals surface area contributed by atoms with Crippen LogP contribution in [0.25, 0.3) is 0 Å². The van der Waals surface area contributed by atoms with Crippen LogP contribution in [0.2, 0.25) is 0 Å². The van der Waals surface area contributed by atoms with E-state index in [1.165, 1.54) is 6.20 Å². The van der Waals surface area contributed by atoms with Gasteiger partial charge in [-0.1, -0.05) is 0 Å². The van der Waals surface area contributed by atoms with Crippen molar-refractivity contribution in [2.75, 3.05) is 6.54 Å². The van der Waals surface area contributed by atoms with Gasteiger partial charge in [-0.25, -0.2) is 9.78 Å². The second-order valence-corrected chi connectivity index (χ2v) is 3.89. The van der Waals surface area contributed by atoms with E-state index in [1.54, 1.807) is 0 Å². The number of carbonyl (C=O) groups excluding carboxylic acids is 2. The summed E-state index contributed by atoms with van der Waals surface area (Å²) in [5, 5.41) is 0. The van der Waals surface area contributed by atoms with E-state index in [9.17, 15) is 9.59 Å². The maximum Gasteiger partial charge on any atom is 0.349 e. The predicted molar refractivity (Wildman–Crippen MR) is 59.4 cm³/mol. The molecule has 1 aromatic rings. The topological polar surface area (TPSA) is 122 Å². The summed E-state index contributed by atoms with van der Waals surface area (Å²) < 4.78 is 6.05. The molecule has 1 aliphatic heterocycles. The number of hydrogen-bond donors (Lipinski definition) is 2. The van der Waals surface area contributed by atoms with Gasteiger partial charge < -0.3 is 21.0 Å². The molecular weight excluding hydrogens is 240 g/mol. The smallest absolute Gasteiger partial charge is 0.349 e. The monoisotopic (exact) mass is 254 g/mol. The van der Waals surface area contributed by atoms with Crippen LogP contribution < -0.4 is 21.0 Å². The van der Waals surface area contributed by atoms with Gasteiger partial charge in [0.25, 0.3) is 0 Å². The molecule has 2 rings (SSSR count). The van der Waals surface area contributed by atoms with Crippen molar-refractivity contribution in [3.8, 4) is 6.01 Å². The molecule has 0 spiro atoms. The van der Waals surface area contributed by atoms with Crippen molar-refractivity contribution < 1.29 is 19.2 Å². The number of imidazole rings is 1. The molecule has 0 saturated heterocycles. The maximum atomic E-state index is 11.6. The molecule has 0 aliphatic carbocycles. The number of esters is 1. The van der Waals surface area contributed by atoms with Crippen LogP contribution in [0.5, 0.6) is 6.01 Å². The standard InChI is InChI=1S/C10H14N4O4/c11-4-3-6-5-13-10-14(6)18-9(16)7(12)1-2-8(15)17-10/h5,7H,1-4,11-12H2/t7-/m1/s1. The summed E-state index contributed by atoms with van der Waals surface area (Å²) in [6.45, 7) is 0.350. The fourth-order valence-corrected chi connectivity index (χ4v) is 1.54. The molecule has 0 aromatic carbocycles. The minimum atomic E-state index is -0.864. The van der Waals surface area contributed by atoms with E-state index in [1.807, 2.05) is 0 Å². The van der Waals surface area contributed by atoms with Crippen LogP contribution in [0, 0.1) is 0 Å². The molecule has 0 saturated carbocycles. The van der Waals surface area contributed by atoms with E-state index in [-0.39, 0.29) is 18.9 Å². The third-order valence-corrected chi connectivity index (χ3v) is 2.51. The number of hydrogen-bond acceptors (Lipinski definition) is 7. The minimum Gasteiger partial charge on any atom is -0.390 e. The normalized spacial score (nSPS) is 20.2. The second kappa shape index (κ2) is 5.15. The van der Waals surface area contributed by atoms with E-state index in [0.717, 1.165) is 4.73 Å². The Morgan fingerprint density at radius 1 is 1.50 bits per heavy atom. The van der Waals surface area contributed by atoms with E-state index in [2.05, 4.69) is 4.98 Å². The van der Waals surface area contributed by atoms with E-state index in [0.29, 0.717) is 18.7 Å². The van der Waals surface area contributed by atoms with Crippen LogP contribution in [0.1, 0.15) is 18.5 Å². The zero-order valence-corrected chi connectivity index (χ0v) is 9.67. The summed E-state index contributed by atoms with van der Waals surface area (Å²) in [4.78, 5) is 32.0. The van der Waals surface area contributed by atoms with Crippen molar-refractivity contribution in [1.29, 1.82) is 0 Å². The lowest BCUT2D eigenvalue weighted by Crippen LogP contribution is -2.37. The Bertz CT molecular complexity index is 470. The van der Waals surface area contributed by atoms with Crippen LogP contribution in [0.3, 0.4) is 0 Å². The molecule has 0 unspecified atom stereocenters. The molecule has 0 fully saturated rings. The van der Waals surface area contributed by atoms with Gasteiger partial charge in [-0.3, -0.25) is 4.79 Å². The summed E-state index contributed by atoms with van der Waals surface area (Å²) in [5.41, 5.74) is 11.6. The molecule has 2 heterocycles.